The minimum Gasteiger partial charge on any atom is -0.496 e. The molecule has 0 aromatic heterocycles. The number of nitrogens with one attached hydrogen (secondary N) is 1. The molecule has 2 aliphatic rings. The molecule has 2 aromatic carbocycles. The third kappa shape index (κ3) is 3.59. The number of amides is 2. The Hall–Kier alpha value is -2.89. The van der Waals surface area contributed by atoms with Crippen LogP contribution in [0.15, 0.2) is 48.5 Å². The van der Waals surface area contributed by atoms with Crippen LogP contribution in [0, 0.1) is 11.7 Å². The summed E-state index contributed by atoms with van der Waals surface area (Å²) in [6.07, 6.45) is 1.99. The quantitative estimate of drug-likeness (QED) is 0.865. The van der Waals surface area contributed by atoms with Gasteiger partial charge in [0, 0.05) is 25.0 Å². The molecule has 28 heavy (non-hydrogen) atoms. The number of carbonyl (C=O) groups is 2. The number of methoxy groups -OCH3 is 1. The van der Waals surface area contributed by atoms with Gasteiger partial charge in [-0.2, -0.15) is 0 Å². The van der Waals surface area contributed by atoms with E-state index < -0.39 is 11.7 Å². The lowest BCUT2D eigenvalue weighted by atomic mass is 9.87. The van der Waals surface area contributed by atoms with E-state index in [1.54, 1.807) is 24.1 Å². The smallest absolute Gasteiger partial charge is 0.256 e. The molecule has 146 valence electrons. The molecule has 2 aromatic rings. The molecule has 1 aliphatic carbocycles. The van der Waals surface area contributed by atoms with Gasteiger partial charge in [-0.1, -0.05) is 30.3 Å². The van der Waals surface area contributed by atoms with Gasteiger partial charge in [-0.05, 0) is 36.6 Å². The molecule has 0 bridgehead atoms. The summed E-state index contributed by atoms with van der Waals surface area (Å²) in [6.45, 7) is 0.602. The van der Waals surface area contributed by atoms with Crippen LogP contribution in [0.5, 0.6) is 5.75 Å². The fourth-order valence-corrected chi connectivity index (χ4v) is 3.86. The molecule has 0 radical (unpaired) electrons. The van der Waals surface area contributed by atoms with Crippen molar-refractivity contribution in [3.05, 3.63) is 65.5 Å². The lowest BCUT2D eigenvalue weighted by Gasteiger charge is -2.20. The lowest BCUT2D eigenvalue weighted by molar-refractivity contribution is -0.125. The van der Waals surface area contributed by atoms with Gasteiger partial charge in [-0.15, -0.1) is 0 Å². The largest absolute Gasteiger partial charge is 0.496 e. The van der Waals surface area contributed by atoms with Crippen molar-refractivity contribution in [2.45, 2.75) is 24.8 Å². The number of hydrogen-bond donors (Lipinski definition) is 1. The van der Waals surface area contributed by atoms with Crippen LogP contribution in [0.4, 0.5) is 4.39 Å². The SMILES string of the molecule is COc1ccccc1[C@H]1CN(C(=O)c2ccccc2F)C[C@H]1C(=O)NC1CC1. The highest BCUT2D eigenvalue weighted by atomic mass is 19.1. The standard InChI is InChI=1S/C22H23FN2O3/c1-28-20-9-5-3-6-15(20)17-12-25(13-18(17)21(26)24-14-10-11-14)22(27)16-7-2-4-8-19(16)23/h2-9,14,17-18H,10-13H2,1H3,(H,24,26)/t17-,18-/m1/s1. The minimum atomic E-state index is -0.549. The number of halogens is 1. The predicted molar refractivity (Wildman–Crippen MR) is 103 cm³/mol. The van der Waals surface area contributed by atoms with Gasteiger partial charge in [0.2, 0.25) is 5.91 Å². The van der Waals surface area contributed by atoms with Gasteiger partial charge < -0.3 is 15.0 Å². The second-order valence-electron chi connectivity index (χ2n) is 7.43. The minimum absolute atomic E-state index is 0.0320. The highest BCUT2D eigenvalue weighted by Crippen LogP contribution is 2.38. The Labute approximate surface area is 163 Å². The topological polar surface area (TPSA) is 58.6 Å². The molecule has 6 heteroatoms. The molecule has 1 saturated heterocycles. The number of ether oxygens (including phenoxy) is 1. The molecule has 1 heterocycles. The van der Waals surface area contributed by atoms with Gasteiger partial charge in [0.15, 0.2) is 0 Å². The van der Waals surface area contributed by atoms with Crippen molar-refractivity contribution >= 4 is 11.8 Å². The zero-order valence-electron chi connectivity index (χ0n) is 15.7. The fourth-order valence-electron chi connectivity index (χ4n) is 3.86. The van der Waals surface area contributed by atoms with Crippen molar-refractivity contribution in [1.29, 1.82) is 0 Å². The average Bonchev–Trinajstić information content (AvgIpc) is 3.41. The second-order valence-corrected chi connectivity index (χ2v) is 7.43. The molecule has 2 atom stereocenters. The van der Waals surface area contributed by atoms with Crippen molar-refractivity contribution in [3.63, 3.8) is 0 Å². The molecule has 5 nitrogen and oxygen atoms in total. The van der Waals surface area contributed by atoms with Crippen molar-refractivity contribution < 1.29 is 18.7 Å². The van der Waals surface area contributed by atoms with E-state index in [-0.39, 0.29) is 35.9 Å². The van der Waals surface area contributed by atoms with Gasteiger partial charge >= 0.3 is 0 Å². The first-order chi connectivity index (χ1) is 13.6. The highest BCUT2D eigenvalue weighted by molar-refractivity contribution is 5.95. The molecule has 1 N–H and O–H groups in total. The van der Waals surface area contributed by atoms with E-state index in [4.69, 9.17) is 4.74 Å². The van der Waals surface area contributed by atoms with E-state index in [0.717, 1.165) is 18.4 Å². The summed E-state index contributed by atoms with van der Waals surface area (Å²) in [6, 6.07) is 13.7. The van der Waals surface area contributed by atoms with E-state index in [2.05, 4.69) is 5.32 Å². The van der Waals surface area contributed by atoms with Crippen LogP contribution in [0.1, 0.15) is 34.7 Å². The third-order valence-electron chi connectivity index (χ3n) is 5.51. The van der Waals surface area contributed by atoms with Crippen LogP contribution in [0.25, 0.3) is 0 Å². The van der Waals surface area contributed by atoms with E-state index >= 15 is 0 Å². The number of hydrogen-bond acceptors (Lipinski definition) is 3. The Kier molecular flexibility index (Phi) is 5.03. The molecular formula is C22H23FN2O3. The van der Waals surface area contributed by atoms with Crippen LogP contribution >= 0.6 is 0 Å². The van der Waals surface area contributed by atoms with Gasteiger partial charge in [-0.25, -0.2) is 4.39 Å². The Bertz CT molecular complexity index is 897. The molecule has 1 saturated carbocycles. The first kappa shape index (κ1) is 18.5. The summed E-state index contributed by atoms with van der Waals surface area (Å²) in [5, 5.41) is 3.05. The van der Waals surface area contributed by atoms with Crippen LogP contribution in [-0.4, -0.2) is 43.0 Å². The zero-order chi connectivity index (χ0) is 19.7. The van der Waals surface area contributed by atoms with E-state index in [1.165, 1.54) is 12.1 Å². The maximum Gasteiger partial charge on any atom is 0.256 e. The van der Waals surface area contributed by atoms with Gasteiger partial charge in [0.1, 0.15) is 11.6 Å². The Morgan fingerprint density at radius 3 is 2.50 bits per heavy atom. The first-order valence-electron chi connectivity index (χ1n) is 9.55. The number of para-hydroxylation sites is 1. The van der Waals surface area contributed by atoms with E-state index in [1.807, 2.05) is 24.3 Å². The number of rotatable bonds is 5. The normalized spacial score (nSPS) is 21.4. The average molecular weight is 382 g/mol. The van der Waals surface area contributed by atoms with Crippen molar-refractivity contribution in [2.24, 2.45) is 5.92 Å². The molecule has 1 aliphatic heterocycles. The summed E-state index contributed by atoms with van der Waals surface area (Å²) >= 11 is 0. The number of likely N-dealkylation sites (tertiary alicyclic amines) is 1. The lowest BCUT2D eigenvalue weighted by Crippen LogP contribution is -2.36. The van der Waals surface area contributed by atoms with E-state index in [9.17, 15) is 14.0 Å². The Morgan fingerprint density at radius 2 is 1.79 bits per heavy atom. The van der Waals surface area contributed by atoms with Crippen molar-refractivity contribution in [3.8, 4) is 5.75 Å². The third-order valence-corrected chi connectivity index (χ3v) is 5.51. The number of carbonyl (C=O) groups excluding carboxylic acids is 2. The van der Waals surface area contributed by atoms with Crippen molar-refractivity contribution in [2.75, 3.05) is 20.2 Å². The van der Waals surface area contributed by atoms with Crippen LogP contribution in [0.2, 0.25) is 0 Å². The monoisotopic (exact) mass is 382 g/mol. The number of nitrogens with zero attached hydrogens (tertiary/aromatic N) is 1. The Balaban J connectivity index is 1.63. The first-order valence-corrected chi connectivity index (χ1v) is 9.55. The van der Waals surface area contributed by atoms with Crippen LogP contribution in [-0.2, 0) is 4.79 Å². The zero-order valence-corrected chi connectivity index (χ0v) is 15.7. The molecule has 2 fully saturated rings. The maximum absolute atomic E-state index is 14.1. The van der Waals surface area contributed by atoms with Crippen LogP contribution in [0.3, 0.4) is 0 Å². The van der Waals surface area contributed by atoms with Gasteiger partial charge in [0.05, 0.1) is 18.6 Å². The molecular weight excluding hydrogens is 359 g/mol. The summed E-state index contributed by atoms with van der Waals surface area (Å²) < 4.78 is 19.6. The summed E-state index contributed by atoms with van der Waals surface area (Å²) in [5.41, 5.74) is 0.925. The Morgan fingerprint density at radius 1 is 1.07 bits per heavy atom. The van der Waals surface area contributed by atoms with Crippen LogP contribution < -0.4 is 10.1 Å². The van der Waals surface area contributed by atoms with Crippen molar-refractivity contribution in [1.82, 2.24) is 10.2 Å². The molecule has 0 spiro atoms. The fraction of sp³-hybridized carbons (Fsp3) is 0.364. The summed E-state index contributed by atoms with van der Waals surface area (Å²) in [5.74, 6) is -0.899. The highest BCUT2D eigenvalue weighted by Gasteiger charge is 2.43. The maximum atomic E-state index is 14.1. The second kappa shape index (κ2) is 7.62. The summed E-state index contributed by atoms with van der Waals surface area (Å²) in [4.78, 5) is 27.4. The summed E-state index contributed by atoms with van der Waals surface area (Å²) in [7, 11) is 1.59. The molecule has 4 rings (SSSR count). The number of benzene rings is 2. The molecule has 2 amide bonds. The van der Waals surface area contributed by atoms with E-state index in [0.29, 0.717) is 12.3 Å². The van der Waals surface area contributed by atoms with Gasteiger partial charge in [-0.3, -0.25) is 9.59 Å². The molecule has 0 unspecified atom stereocenters. The van der Waals surface area contributed by atoms with Gasteiger partial charge in [0.25, 0.3) is 5.91 Å². The predicted octanol–water partition coefficient (Wildman–Crippen LogP) is 2.97.